The second-order valence-electron chi connectivity index (χ2n) is 7.06. The van der Waals surface area contributed by atoms with Crippen molar-refractivity contribution in [2.45, 2.75) is 33.0 Å². The fourth-order valence-corrected chi connectivity index (χ4v) is 3.46. The number of nitrogens with zero attached hydrogens (tertiary/aromatic N) is 1. The van der Waals surface area contributed by atoms with Crippen LogP contribution in [0.2, 0.25) is 0 Å². The van der Waals surface area contributed by atoms with E-state index in [4.69, 9.17) is 4.74 Å². The van der Waals surface area contributed by atoms with E-state index in [1.165, 1.54) is 11.1 Å². The molecule has 2 aromatic carbocycles. The average molecular weight is 367 g/mol. The molecule has 0 saturated carbocycles. The predicted octanol–water partition coefficient (Wildman–Crippen LogP) is 3.39. The van der Waals surface area contributed by atoms with E-state index in [0.29, 0.717) is 6.54 Å². The monoisotopic (exact) mass is 367 g/mol. The van der Waals surface area contributed by atoms with Crippen molar-refractivity contribution in [2.24, 2.45) is 0 Å². The standard InChI is InChI=1S/C22H29N3O2/c1-17-7-3-6-10-21(17)18(2)24-22(26)23-15-19-8-4-5-9-20(19)16-25-11-13-27-14-12-25/h3-10,18H,11-16H2,1-2H3,(H2,23,24,26)/t18-/m1/s1. The molecule has 1 aliphatic heterocycles. The molecule has 0 aromatic heterocycles. The van der Waals surface area contributed by atoms with E-state index in [0.717, 1.165) is 44.0 Å². The molecule has 0 aliphatic carbocycles. The number of morpholine rings is 1. The highest BCUT2D eigenvalue weighted by Gasteiger charge is 2.14. The van der Waals surface area contributed by atoms with E-state index < -0.39 is 0 Å². The first-order valence-electron chi connectivity index (χ1n) is 9.60. The van der Waals surface area contributed by atoms with Gasteiger partial charge in [0.1, 0.15) is 0 Å². The molecule has 0 bridgehead atoms. The van der Waals surface area contributed by atoms with Gasteiger partial charge in [-0.15, -0.1) is 0 Å². The van der Waals surface area contributed by atoms with E-state index in [1.54, 1.807) is 0 Å². The van der Waals surface area contributed by atoms with Crippen LogP contribution in [0.25, 0.3) is 0 Å². The first kappa shape index (κ1) is 19.4. The van der Waals surface area contributed by atoms with Crippen molar-refractivity contribution in [3.05, 3.63) is 70.8 Å². The highest BCUT2D eigenvalue weighted by atomic mass is 16.5. The van der Waals surface area contributed by atoms with Crippen LogP contribution in [0.4, 0.5) is 4.79 Å². The summed E-state index contributed by atoms with van der Waals surface area (Å²) in [6.07, 6.45) is 0. The fraction of sp³-hybridized carbons (Fsp3) is 0.409. The molecule has 0 unspecified atom stereocenters. The zero-order valence-electron chi connectivity index (χ0n) is 16.2. The molecule has 2 N–H and O–H groups in total. The fourth-order valence-electron chi connectivity index (χ4n) is 3.46. The SMILES string of the molecule is Cc1ccccc1[C@@H](C)NC(=O)NCc1ccccc1CN1CCOCC1. The van der Waals surface area contributed by atoms with Gasteiger partial charge in [-0.3, -0.25) is 4.90 Å². The smallest absolute Gasteiger partial charge is 0.315 e. The lowest BCUT2D eigenvalue weighted by Gasteiger charge is -2.27. The van der Waals surface area contributed by atoms with Gasteiger partial charge in [-0.25, -0.2) is 4.79 Å². The van der Waals surface area contributed by atoms with Crippen LogP contribution in [0.15, 0.2) is 48.5 Å². The number of benzene rings is 2. The molecule has 1 saturated heterocycles. The summed E-state index contributed by atoms with van der Waals surface area (Å²) >= 11 is 0. The highest BCUT2D eigenvalue weighted by molar-refractivity contribution is 5.74. The van der Waals surface area contributed by atoms with Crippen LogP contribution < -0.4 is 10.6 Å². The van der Waals surface area contributed by atoms with Gasteiger partial charge in [0.05, 0.1) is 19.3 Å². The Bertz CT molecular complexity index is 757. The van der Waals surface area contributed by atoms with Crippen molar-refractivity contribution < 1.29 is 9.53 Å². The molecule has 3 rings (SSSR count). The molecule has 2 amide bonds. The van der Waals surface area contributed by atoms with Crippen molar-refractivity contribution in [2.75, 3.05) is 26.3 Å². The van der Waals surface area contributed by atoms with E-state index in [1.807, 2.05) is 25.1 Å². The number of rotatable bonds is 6. The minimum absolute atomic E-state index is 0.0326. The van der Waals surface area contributed by atoms with Gasteiger partial charge in [0.15, 0.2) is 0 Å². The van der Waals surface area contributed by atoms with Gasteiger partial charge >= 0.3 is 6.03 Å². The van der Waals surface area contributed by atoms with Crippen LogP contribution in [-0.4, -0.2) is 37.2 Å². The lowest BCUT2D eigenvalue weighted by molar-refractivity contribution is 0.0341. The molecular weight excluding hydrogens is 338 g/mol. The van der Waals surface area contributed by atoms with Gasteiger partial charge < -0.3 is 15.4 Å². The molecule has 2 aromatic rings. The number of hydrogen-bond acceptors (Lipinski definition) is 3. The Morgan fingerprint density at radius 3 is 2.48 bits per heavy atom. The normalized spacial score (nSPS) is 15.9. The highest BCUT2D eigenvalue weighted by Crippen LogP contribution is 2.17. The Kier molecular flexibility index (Phi) is 6.85. The van der Waals surface area contributed by atoms with Gasteiger partial charge in [-0.2, -0.15) is 0 Å². The topological polar surface area (TPSA) is 53.6 Å². The van der Waals surface area contributed by atoms with Gasteiger partial charge in [0, 0.05) is 26.2 Å². The number of ether oxygens (including phenoxy) is 1. The zero-order chi connectivity index (χ0) is 19.1. The van der Waals surface area contributed by atoms with E-state index in [-0.39, 0.29) is 12.1 Å². The molecule has 1 aliphatic rings. The maximum absolute atomic E-state index is 12.4. The minimum Gasteiger partial charge on any atom is -0.379 e. The number of carbonyl (C=O) groups is 1. The van der Waals surface area contributed by atoms with Crippen molar-refractivity contribution in [1.29, 1.82) is 0 Å². The molecule has 27 heavy (non-hydrogen) atoms. The third kappa shape index (κ3) is 5.55. The first-order chi connectivity index (χ1) is 13.1. The Morgan fingerprint density at radius 2 is 1.74 bits per heavy atom. The van der Waals surface area contributed by atoms with E-state index in [2.05, 4.69) is 52.8 Å². The van der Waals surface area contributed by atoms with Crippen molar-refractivity contribution in [3.8, 4) is 0 Å². The number of amides is 2. The minimum atomic E-state index is -0.146. The number of aryl methyl sites for hydroxylation is 1. The molecule has 1 fully saturated rings. The number of urea groups is 1. The summed E-state index contributed by atoms with van der Waals surface area (Å²) in [6, 6.07) is 16.2. The second-order valence-corrected chi connectivity index (χ2v) is 7.06. The van der Waals surface area contributed by atoms with Crippen molar-refractivity contribution >= 4 is 6.03 Å². The van der Waals surface area contributed by atoms with Crippen LogP contribution in [0, 0.1) is 6.92 Å². The molecule has 0 radical (unpaired) electrons. The molecule has 5 heteroatoms. The van der Waals surface area contributed by atoms with E-state index >= 15 is 0 Å². The summed E-state index contributed by atoms with van der Waals surface area (Å²) in [5.41, 5.74) is 4.73. The molecule has 1 atom stereocenters. The van der Waals surface area contributed by atoms with Crippen LogP contribution in [0.5, 0.6) is 0 Å². The first-order valence-corrected chi connectivity index (χ1v) is 9.60. The number of carbonyl (C=O) groups excluding carboxylic acids is 1. The van der Waals surface area contributed by atoms with Gasteiger partial charge in [-0.1, -0.05) is 48.5 Å². The molecule has 5 nitrogen and oxygen atoms in total. The largest absolute Gasteiger partial charge is 0.379 e. The molecule has 144 valence electrons. The van der Waals surface area contributed by atoms with Gasteiger partial charge in [0.2, 0.25) is 0 Å². The van der Waals surface area contributed by atoms with Crippen LogP contribution in [0.1, 0.15) is 35.2 Å². The zero-order valence-corrected chi connectivity index (χ0v) is 16.2. The Balaban J connectivity index is 1.55. The maximum Gasteiger partial charge on any atom is 0.315 e. The Labute approximate surface area is 161 Å². The Hall–Kier alpha value is -2.37. The lowest BCUT2D eigenvalue weighted by Crippen LogP contribution is -2.38. The van der Waals surface area contributed by atoms with Gasteiger partial charge in [-0.05, 0) is 36.1 Å². The van der Waals surface area contributed by atoms with Crippen LogP contribution in [0.3, 0.4) is 0 Å². The van der Waals surface area contributed by atoms with Crippen molar-refractivity contribution in [1.82, 2.24) is 15.5 Å². The summed E-state index contributed by atoms with van der Waals surface area (Å²) in [5, 5.41) is 6.03. The summed E-state index contributed by atoms with van der Waals surface area (Å²) < 4.78 is 5.42. The predicted molar refractivity (Wildman–Crippen MR) is 108 cm³/mol. The van der Waals surface area contributed by atoms with Gasteiger partial charge in [0.25, 0.3) is 0 Å². The quantitative estimate of drug-likeness (QED) is 0.823. The number of nitrogens with one attached hydrogen (secondary N) is 2. The average Bonchev–Trinajstić information content (AvgIpc) is 2.68. The van der Waals surface area contributed by atoms with E-state index in [9.17, 15) is 4.79 Å². The third-order valence-corrected chi connectivity index (χ3v) is 5.06. The summed E-state index contributed by atoms with van der Waals surface area (Å²) in [5.74, 6) is 0. The summed E-state index contributed by atoms with van der Waals surface area (Å²) in [7, 11) is 0. The molecular formula is C22H29N3O2. The summed E-state index contributed by atoms with van der Waals surface area (Å²) in [6.45, 7) is 8.97. The Morgan fingerprint density at radius 1 is 1.07 bits per heavy atom. The number of hydrogen-bond donors (Lipinski definition) is 2. The molecule has 0 spiro atoms. The van der Waals surface area contributed by atoms with Crippen LogP contribution >= 0.6 is 0 Å². The second kappa shape index (κ2) is 9.53. The maximum atomic E-state index is 12.4. The third-order valence-electron chi connectivity index (χ3n) is 5.06. The lowest BCUT2D eigenvalue weighted by atomic mass is 10.0. The van der Waals surface area contributed by atoms with Crippen LogP contribution in [-0.2, 0) is 17.8 Å². The summed E-state index contributed by atoms with van der Waals surface area (Å²) in [4.78, 5) is 14.8. The van der Waals surface area contributed by atoms with Crippen molar-refractivity contribution in [3.63, 3.8) is 0 Å². The molecule has 1 heterocycles.